The summed E-state index contributed by atoms with van der Waals surface area (Å²) in [6.07, 6.45) is 6.11. The van der Waals surface area contributed by atoms with Gasteiger partial charge in [0.05, 0.1) is 12.0 Å². The molecule has 0 aromatic carbocycles. The van der Waals surface area contributed by atoms with Crippen molar-refractivity contribution in [1.82, 2.24) is 5.32 Å². The van der Waals surface area contributed by atoms with Gasteiger partial charge in [-0.05, 0) is 6.42 Å². The molecule has 0 bridgehead atoms. The van der Waals surface area contributed by atoms with E-state index in [4.69, 9.17) is 4.55 Å². The Bertz CT molecular complexity index is 445. The summed E-state index contributed by atoms with van der Waals surface area (Å²) >= 11 is 0. The summed E-state index contributed by atoms with van der Waals surface area (Å²) in [5, 5.41) is 23.9. The quantitative estimate of drug-likeness (QED) is 0.121. The zero-order chi connectivity index (χ0) is 16.3. The number of aliphatic carboxylic acids is 1. The number of carboxylic acids is 1. The number of nitrogens with zero attached hydrogens (tertiary/aromatic N) is 1. The first-order chi connectivity index (χ1) is 9.76. The predicted octanol–water partition coefficient (Wildman–Crippen LogP) is -7.33. The maximum atomic E-state index is 11.3. The molecule has 0 aliphatic carbocycles. The molecular weight excluding hydrogens is 346 g/mol. The third-order valence-corrected chi connectivity index (χ3v) is 3.48. The van der Waals surface area contributed by atoms with Gasteiger partial charge in [-0.15, -0.1) is 0 Å². The van der Waals surface area contributed by atoms with Crippen LogP contribution in [0.4, 0.5) is 0 Å². The number of nitrogens with one attached hydrogen (secondary N) is 1. The van der Waals surface area contributed by atoms with Gasteiger partial charge in [-0.25, -0.2) is 0 Å². The van der Waals surface area contributed by atoms with Crippen LogP contribution in [0.15, 0.2) is 4.99 Å². The second-order valence-corrected chi connectivity index (χ2v) is 6.22. The molecule has 0 aromatic rings. The van der Waals surface area contributed by atoms with Gasteiger partial charge < -0.3 is 20.3 Å². The first kappa shape index (κ1) is 28.5. The molecular formula is C12H22N2Na2O6S. The summed E-state index contributed by atoms with van der Waals surface area (Å²) in [4.78, 5) is 14.2. The molecule has 0 amide bonds. The van der Waals surface area contributed by atoms with E-state index in [1.807, 2.05) is 5.32 Å². The molecule has 0 spiro atoms. The molecule has 0 unspecified atom stereocenters. The number of amidine groups is 1. The van der Waals surface area contributed by atoms with Crippen LogP contribution in [-0.4, -0.2) is 43.3 Å². The van der Waals surface area contributed by atoms with Gasteiger partial charge in [0.1, 0.15) is 5.75 Å². The second-order valence-electron chi connectivity index (χ2n) is 4.72. The number of hydrogen-bond acceptors (Lipinski definition) is 6. The molecule has 8 nitrogen and oxygen atoms in total. The van der Waals surface area contributed by atoms with E-state index in [0.717, 1.165) is 25.7 Å². The number of carbonyl (C=O) groups excluding carboxylic acids is 1. The zero-order valence-electron chi connectivity index (χ0n) is 14.1. The van der Waals surface area contributed by atoms with Gasteiger partial charge in [-0.2, -0.15) is 8.42 Å². The summed E-state index contributed by atoms with van der Waals surface area (Å²) in [7, 11) is -4.53. The van der Waals surface area contributed by atoms with E-state index in [2.05, 4.69) is 11.9 Å². The summed E-state index contributed by atoms with van der Waals surface area (Å²) in [6, 6.07) is -2.75. The van der Waals surface area contributed by atoms with Crippen LogP contribution in [0.2, 0.25) is 0 Å². The third-order valence-electron chi connectivity index (χ3n) is 2.73. The number of carboxylic acid groups (broad SMARTS) is 1. The van der Waals surface area contributed by atoms with Gasteiger partial charge in [0, 0.05) is 12.6 Å². The Labute approximate surface area is 181 Å². The normalized spacial score (nSPS) is 12.7. The van der Waals surface area contributed by atoms with Crippen molar-refractivity contribution in [2.75, 3.05) is 12.3 Å². The fraction of sp³-hybridized carbons (Fsp3) is 0.833. The first-order valence-electron chi connectivity index (χ1n) is 6.90. The van der Waals surface area contributed by atoms with Crippen LogP contribution in [0.25, 0.3) is 0 Å². The minimum atomic E-state index is -4.53. The first-order valence-corrected chi connectivity index (χ1v) is 8.51. The van der Waals surface area contributed by atoms with Crippen molar-refractivity contribution in [1.29, 1.82) is 0 Å². The van der Waals surface area contributed by atoms with E-state index < -0.39 is 33.9 Å². The Balaban J connectivity index is -0.00000200. The molecule has 0 aliphatic rings. The maximum Gasteiger partial charge on any atom is 1.00 e. The van der Waals surface area contributed by atoms with Gasteiger partial charge >= 0.3 is 59.1 Å². The minimum absolute atomic E-state index is 0. The number of rotatable bonds is 11. The summed E-state index contributed by atoms with van der Waals surface area (Å²) < 4.78 is 29.8. The summed E-state index contributed by atoms with van der Waals surface area (Å²) in [6.45, 7) is 2.35. The Hall–Kier alpha value is 0.650. The van der Waals surface area contributed by atoms with E-state index in [-0.39, 0.29) is 65.7 Å². The molecule has 1 atom stereocenters. The van der Waals surface area contributed by atoms with E-state index in [0.29, 0.717) is 6.42 Å². The fourth-order valence-electron chi connectivity index (χ4n) is 1.65. The van der Waals surface area contributed by atoms with Crippen molar-refractivity contribution in [3.05, 3.63) is 0 Å². The zero-order valence-corrected chi connectivity index (χ0v) is 18.9. The summed E-state index contributed by atoms with van der Waals surface area (Å²) in [5.74, 6) is -2.94. The average Bonchev–Trinajstić information content (AvgIpc) is 2.35. The minimum Gasteiger partial charge on any atom is -0.846 e. The van der Waals surface area contributed by atoms with Crippen LogP contribution >= 0.6 is 0 Å². The van der Waals surface area contributed by atoms with Crippen LogP contribution in [-0.2, 0) is 14.9 Å². The monoisotopic (exact) mass is 368 g/mol. The number of unbranched alkanes of at least 4 members (excludes halogenated alkanes) is 5. The number of hydrogen-bond donors (Lipinski definition) is 2. The average molecular weight is 368 g/mol. The third kappa shape index (κ3) is 18.8. The Morgan fingerprint density at radius 3 is 2.13 bits per heavy atom. The SMILES string of the molecule is CCCCCCCCN=C([O-])N[C@@H](CS(=O)(=O)O)C(=O)[O-].[Na+].[Na+]. The smallest absolute Gasteiger partial charge is 0.846 e. The molecule has 0 aromatic heterocycles. The molecule has 0 radical (unpaired) electrons. The molecule has 0 saturated heterocycles. The van der Waals surface area contributed by atoms with E-state index >= 15 is 0 Å². The number of carbonyl (C=O) groups is 1. The molecule has 0 aliphatic heterocycles. The van der Waals surface area contributed by atoms with Crippen LogP contribution < -0.4 is 74.6 Å². The molecule has 0 fully saturated rings. The summed E-state index contributed by atoms with van der Waals surface area (Å²) in [5.41, 5.74) is 0. The molecule has 0 saturated carbocycles. The van der Waals surface area contributed by atoms with Gasteiger partial charge in [0.2, 0.25) is 0 Å². The fourth-order valence-corrected chi connectivity index (χ4v) is 2.29. The van der Waals surface area contributed by atoms with Crippen molar-refractivity contribution in [3.8, 4) is 0 Å². The molecule has 0 heterocycles. The van der Waals surface area contributed by atoms with Crippen molar-refractivity contribution in [3.63, 3.8) is 0 Å². The molecule has 124 valence electrons. The predicted molar refractivity (Wildman–Crippen MR) is 74.0 cm³/mol. The van der Waals surface area contributed by atoms with Crippen molar-refractivity contribution >= 4 is 22.1 Å². The second kappa shape index (κ2) is 16.1. The standard InChI is InChI=1S/C12H24N2O6S.2Na/c1-2-3-4-5-6-7-8-13-12(17)14-10(11(15)16)9-21(18,19)20;;/h10H,2-9H2,1H3,(H,15,16)(H2,13,14,17)(H,18,19,20);;/q;2*+1/p-2/t10-;;/m0../s1. The van der Waals surface area contributed by atoms with Crippen LogP contribution in [0.1, 0.15) is 45.4 Å². The van der Waals surface area contributed by atoms with Crippen LogP contribution in [0.3, 0.4) is 0 Å². The van der Waals surface area contributed by atoms with Crippen molar-refractivity contribution in [2.45, 2.75) is 51.5 Å². The van der Waals surface area contributed by atoms with E-state index in [9.17, 15) is 23.4 Å². The van der Waals surface area contributed by atoms with E-state index in [1.165, 1.54) is 6.42 Å². The topological polar surface area (TPSA) is 142 Å². The van der Waals surface area contributed by atoms with Crippen LogP contribution in [0.5, 0.6) is 0 Å². The van der Waals surface area contributed by atoms with Gasteiger partial charge in [-0.1, -0.05) is 39.0 Å². The Morgan fingerprint density at radius 2 is 1.65 bits per heavy atom. The molecule has 23 heavy (non-hydrogen) atoms. The number of aliphatic imine (C=N–C) groups is 1. The van der Waals surface area contributed by atoms with Crippen molar-refractivity contribution in [2.24, 2.45) is 4.99 Å². The van der Waals surface area contributed by atoms with Crippen molar-refractivity contribution < 1.29 is 87.1 Å². The largest absolute Gasteiger partial charge is 1.00 e. The van der Waals surface area contributed by atoms with Gasteiger partial charge in [0.15, 0.2) is 0 Å². The maximum absolute atomic E-state index is 11.3. The Kier molecular flexibility index (Phi) is 20.0. The van der Waals surface area contributed by atoms with Gasteiger partial charge in [0.25, 0.3) is 10.1 Å². The van der Waals surface area contributed by atoms with Crippen LogP contribution in [0, 0.1) is 0 Å². The Morgan fingerprint density at radius 1 is 1.13 bits per heavy atom. The molecule has 11 heteroatoms. The molecule has 0 rings (SSSR count). The molecule has 2 N–H and O–H groups in total. The van der Waals surface area contributed by atoms with Gasteiger partial charge in [-0.3, -0.25) is 9.55 Å². The van der Waals surface area contributed by atoms with E-state index in [1.54, 1.807) is 0 Å².